The molecule has 0 saturated carbocycles. The van der Waals surface area contributed by atoms with Gasteiger partial charge in [-0.1, -0.05) is 12.1 Å². The van der Waals surface area contributed by atoms with E-state index in [0.29, 0.717) is 18.9 Å². The molecule has 0 spiro atoms. The summed E-state index contributed by atoms with van der Waals surface area (Å²) in [6, 6.07) is 6.98. The zero-order valence-electron chi connectivity index (χ0n) is 11.9. The normalized spacial score (nSPS) is 21.0. The molecule has 1 fully saturated rings. The first kappa shape index (κ1) is 15.3. The molecule has 0 bridgehead atoms. The van der Waals surface area contributed by atoms with Gasteiger partial charge in [0.2, 0.25) is 0 Å². The lowest BCUT2D eigenvalue weighted by atomic mass is 10.0. The van der Waals surface area contributed by atoms with E-state index in [1.165, 1.54) is 0 Å². The molecule has 1 aliphatic heterocycles. The number of carbonyl (C=O) groups excluding carboxylic acids is 1. The second kappa shape index (κ2) is 6.58. The number of nitrogens with one attached hydrogen (secondary N) is 1. The maximum atomic E-state index is 12.1. The summed E-state index contributed by atoms with van der Waals surface area (Å²) in [5.74, 6) is -0.690. The van der Waals surface area contributed by atoms with Gasteiger partial charge in [-0.3, -0.25) is 4.79 Å². The van der Waals surface area contributed by atoms with Crippen LogP contribution in [0.5, 0.6) is 5.75 Å². The van der Waals surface area contributed by atoms with Crippen molar-refractivity contribution in [3.8, 4) is 5.75 Å². The number of carbonyl (C=O) groups is 2. The number of carboxylic acid groups (broad SMARTS) is 1. The average Bonchev–Trinajstić information content (AvgIpc) is 2.91. The summed E-state index contributed by atoms with van der Waals surface area (Å²) in [5.41, 5.74) is 0.102. The van der Waals surface area contributed by atoms with E-state index in [9.17, 15) is 9.59 Å². The third-order valence-electron chi connectivity index (χ3n) is 3.41. The Bertz CT molecular complexity index is 523. The predicted octanol–water partition coefficient (Wildman–Crippen LogP) is 1.34. The van der Waals surface area contributed by atoms with Crippen molar-refractivity contribution < 1.29 is 24.2 Å². The van der Waals surface area contributed by atoms with E-state index < -0.39 is 11.6 Å². The minimum atomic E-state index is -1.03. The van der Waals surface area contributed by atoms with Gasteiger partial charge in [-0.05, 0) is 37.5 Å². The van der Waals surface area contributed by atoms with Crippen LogP contribution in [0.3, 0.4) is 0 Å². The summed E-state index contributed by atoms with van der Waals surface area (Å²) < 4.78 is 10.6. The zero-order chi connectivity index (χ0) is 15.3. The minimum absolute atomic E-state index is 0.128. The number of hydrogen-bond acceptors (Lipinski definition) is 4. The van der Waals surface area contributed by atoms with Crippen molar-refractivity contribution in [3.63, 3.8) is 0 Å². The van der Waals surface area contributed by atoms with Crippen LogP contribution < -0.4 is 10.1 Å². The molecule has 0 aromatic heterocycles. The van der Waals surface area contributed by atoms with Gasteiger partial charge >= 0.3 is 5.97 Å². The standard InChI is InChI=1S/C15H19NO5/c1-15(6-3-7-21-15)14(19)16-9-11-4-2-5-12(8-11)20-10-13(17)18/h2,4-5,8H,3,6-7,9-10H2,1H3,(H,16,19)(H,17,18). The van der Waals surface area contributed by atoms with E-state index in [2.05, 4.69) is 5.32 Å². The summed E-state index contributed by atoms with van der Waals surface area (Å²) in [6.07, 6.45) is 1.61. The van der Waals surface area contributed by atoms with Crippen LogP contribution in [0, 0.1) is 0 Å². The van der Waals surface area contributed by atoms with E-state index in [1.807, 2.05) is 6.07 Å². The molecule has 1 heterocycles. The highest BCUT2D eigenvalue weighted by Gasteiger charge is 2.37. The van der Waals surface area contributed by atoms with Crippen LogP contribution in [0.4, 0.5) is 0 Å². The summed E-state index contributed by atoms with van der Waals surface area (Å²) in [4.78, 5) is 22.6. The van der Waals surface area contributed by atoms with Crippen LogP contribution in [0.15, 0.2) is 24.3 Å². The lowest BCUT2D eigenvalue weighted by Crippen LogP contribution is -2.43. The Kier molecular flexibility index (Phi) is 4.80. The second-order valence-electron chi connectivity index (χ2n) is 5.20. The minimum Gasteiger partial charge on any atom is -0.482 e. The Morgan fingerprint density at radius 1 is 1.48 bits per heavy atom. The first-order valence-corrected chi connectivity index (χ1v) is 6.85. The van der Waals surface area contributed by atoms with Crippen molar-refractivity contribution >= 4 is 11.9 Å². The number of amides is 1. The van der Waals surface area contributed by atoms with E-state index in [0.717, 1.165) is 18.4 Å². The van der Waals surface area contributed by atoms with Crippen LogP contribution in [-0.2, 0) is 20.9 Å². The lowest BCUT2D eigenvalue weighted by Gasteiger charge is -2.21. The van der Waals surface area contributed by atoms with E-state index in [1.54, 1.807) is 25.1 Å². The first-order valence-electron chi connectivity index (χ1n) is 6.85. The Hall–Kier alpha value is -2.08. The summed E-state index contributed by atoms with van der Waals surface area (Å²) in [5, 5.41) is 11.4. The zero-order valence-corrected chi connectivity index (χ0v) is 11.9. The lowest BCUT2D eigenvalue weighted by molar-refractivity contribution is -0.140. The molecule has 2 rings (SSSR count). The van der Waals surface area contributed by atoms with Crippen molar-refractivity contribution in [2.24, 2.45) is 0 Å². The van der Waals surface area contributed by atoms with E-state index >= 15 is 0 Å². The summed E-state index contributed by atoms with van der Waals surface area (Å²) >= 11 is 0. The molecule has 6 nitrogen and oxygen atoms in total. The van der Waals surface area contributed by atoms with Crippen LogP contribution in [-0.4, -0.2) is 35.8 Å². The van der Waals surface area contributed by atoms with Gasteiger partial charge in [0.05, 0.1) is 0 Å². The molecule has 114 valence electrons. The maximum absolute atomic E-state index is 12.1. The van der Waals surface area contributed by atoms with E-state index in [-0.39, 0.29) is 12.5 Å². The number of rotatable bonds is 6. The third kappa shape index (κ3) is 4.19. The van der Waals surface area contributed by atoms with Crippen molar-refractivity contribution in [2.75, 3.05) is 13.2 Å². The molecular formula is C15H19NO5. The van der Waals surface area contributed by atoms with E-state index in [4.69, 9.17) is 14.6 Å². The Morgan fingerprint density at radius 3 is 2.95 bits per heavy atom. The van der Waals surface area contributed by atoms with Gasteiger partial charge in [0, 0.05) is 13.2 Å². The molecule has 1 aromatic rings. The van der Waals surface area contributed by atoms with Crippen LogP contribution in [0.1, 0.15) is 25.3 Å². The highest BCUT2D eigenvalue weighted by atomic mass is 16.5. The average molecular weight is 293 g/mol. The molecule has 1 amide bonds. The fraction of sp³-hybridized carbons (Fsp3) is 0.467. The first-order chi connectivity index (χ1) is 9.99. The highest BCUT2D eigenvalue weighted by molar-refractivity contribution is 5.85. The van der Waals surface area contributed by atoms with Crippen molar-refractivity contribution in [1.29, 1.82) is 0 Å². The van der Waals surface area contributed by atoms with Gasteiger partial charge in [0.1, 0.15) is 11.4 Å². The SMILES string of the molecule is CC1(C(=O)NCc2cccc(OCC(=O)O)c2)CCCO1. The van der Waals surface area contributed by atoms with Gasteiger partial charge < -0.3 is 19.9 Å². The topological polar surface area (TPSA) is 84.9 Å². The molecule has 21 heavy (non-hydrogen) atoms. The number of hydrogen-bond donors (Lipinski definition) is 2. The number of carboxylic acids is 1. The molecule has 1 atom stereocenters. The summed E-state index contributed by atoms with van der Waals surface area (Å²) in [7, 11) is 0. The molecule has 1 aromatic carbocycles. The molecule has 0 aliphatic carbocycles. The van der Waals surface area contributed by atoms with Gasteiger partial charge in [0.15, 0.2) is 6.61 Å². The Balaban J connectivity index is 1.89. The second-order valence-corrected chi connectivity index (χ2v) is 5.20. The molecule has 0 radical (unpaired) electrons. The summed E-state index contributed by atoms with van der Waals surface area (Å²) in [6.45, 7) is 2.37. The van der Waals surface area contributed by atoms with Gasteiger partial charge in [-0.15, -0.1) is 0 Å². The van der Waals surface area contributed by atoms with Crippen LogP contribution >= 0.6 is 0 Å². The molecule has 6 heteroatoms. The monoisotopic (exact) mass is 293 g/mol. The third-order valence-corrected chi connectivity index (χ3v) is 3.41. The van der Waals surface area contributed by atoms with Crippen LogP contribution in [0.25, 0.3) is 0 Å². The smallest absolute Gasteiger partial charge is 0.341 e. The van der Waals surface area contributed by atoms with Gasteiger partial charge in [-0.25, -0.2) is 4.79 Å². The predicted molar refractivity (Wildman–Crippen MR) is 75.0 cm³/mol. The number of aliphatic carboxylic acids is 1. The number of ether oxygens (including phenoxy) is 2. The maximum Gasteiger partial charge on any atom is 0.341 e. The molecular weight excluding hydrogens is 274 g/mol. The fourth-order valence-electron chi connectivity index (χ4n) is 2.22. The highest BCUT2D eigenvalue weighted by Crippen LogP contribution is 2.25. The molecule has 2 N–H and O–H groups in total. The molecule has 1 unspecified atom stereocenters. The van der Waals surface area contributed by atoms with Gasteiger partial charge in [0.25, 0.3) is 5.91 Å². The largest absolute Gasteiger partial charge is 0.482 e. The number of benzene rings is 1. The van der Waals surface area contributed by atoms with Crippen molar-refractivity contribution in [2.45, 2.75) is 31.9 Å². The molecule has 1 saturated heterocycles. The van der Waals surface area contributed by atoms with Gasteiger partial charge in [-0.2, -0.15) is 0 Å². The van der Waals surface area contributed by atoms with Crippen LogP contribution in [0.2, 0.25) is 0 Å². The van der Waals surface area contributed by atoms with Crippen molar-refractivity contribution in [3.05, 3.63) is 29.8 Å². The Morgan fingerprint density at radius 2 is 2.29 bits per heavy atom. The molecule has 1 aliphatic rings. The Labute approximate surface area is 123 Å². The van der Waals surface area contributed by atoms with Crippen molar-refractivity contribution in [1.82, 2.24) is 5.32 Å². The fourth-order valence-corrected chi connectivity index (χ4v) is 2.22. The quantitative estimate of drug-likeness (QED) is 0.826.